The second-order valence-electron chi connectivity index (χ2n) is 8.04. The van der Waals surface area contributed by atoms with Gasteiger partial charge in [0.15, 0.2) is 11.6 Å². The largest absolute Gasteiger partial charge is 0.500 e. The van der Waals surface area contributed by atoms with Crippen LogP contribution >= 0.6 is 0 Å². The monoisotopic (exact) mass is 448 g/mol. The van der Waals surface area contributed by atoms with Gasteiger partial charge in [0, 0.05) is 18.0 Å². The van der Waals surface area contributed by atoms with Gasteiger partial charge in [0.2, 0.25) is 5.82 Å². The summed E-state index contributed by atoms with van der Waals surface area (Å²) in [6.07, 6.45) is 5.85. The Morgan fingerprint density at radius 3 is 2.30 bits per heavy atom. The lowest BCUT2D eigenvalue weighted by Gasteiger charge is -2.28. The zero-order chi connectivity index (χ0) is 23.4. The van der Waals surface area contributed by atoms with E-state index in [9.17, 15) is 13.2 Å². The first-order valence-corrected chi connectivity index (χ1v) is 11.0. The fourth-order valence-corrected chi connectivity index (χ4v) is 4.22. The molecule has 1 fully saturated rings. The van der Waals surface area contributed by atoms with Crippen LogP contribution in [0.25, 0.3) is 22.3 Å². The van der Waals surface area contributed by atoms with E-state index in [1.54, 1.807) is 24.3 Å². The first-order valence-electron chi connectivity index (χ1n) is 11.0. The fourth-order valence-electron chi connectivity index (χ4n) is 4.22. The van der Waals surface area contributed by atoms with Crippen molar-refractivity contribution in [2.75, 3.05) is 13.1 Å². The molecule has 4 rings (SSSR count). The molecule has 2 unspecified atom stereocenters. The predicted octanol–water partition coefficient (Wildman–Crippen LogP) is 6.78. The van der Waals surface area contributed by atoms with Crippen molar-refractivity contribution in [3.8, 4) is 28.0 Å². The standard InChI is InChI=1S/C27H24BF3O2/c1-2-3-21-10-8-20(15-32-21)22-11-9-19(14-24(22)29)17-4-6-18(7-5-17)23-12-13-25(33-16-28)27(31)26(23)30/h2-7,9,11-14,20-21H,8,10,15-16H2,1H3/b3-2+. The van der Waals surface area contributed by atoms with Gasteiger partial charge in [-0.2, -0.15) is 4.39 Å². The Labute approximate surface area is 193 Å². The molecular weight excluding hydrogens is 424 g/mol. The van der Waals surface area contributed by atoms with Crippen molar-refractivity contribution in [1.29, 1.82) is 0 Å². The van der Waals surface area contributed by atoms with Crippen molar-refractivity contribution < 1.29 is 22.6 Å². The van der Waals surface area contributed by atoms with Crippen LogP contribution in [-0.4, -0.2) is 27.1 Å². The maximum atomic E-state index is 14.9. The van der Waals surface area contributed by atoms with E-state index in [-0.39, 0.29) is 35.7 Å². The van der Waals surface area contributed by atoms with Crippen LogP contribution in [0.3, 0.4) is 0 Å². The third-order valence-electron chi connectivity index (χ3n) is 5.97. The number of hydrogen-bond acceptors (Lipinski definition) is 2. The summed E-state index contributed by atoms with van der Waals surface area (Å²) in [5, 5.41) is 0. The minimum absolute atomic E-state index is 0.0343. The first-order chi connectivity index (χ1) is 16.0. The molecule has 1 aliphatic rings. The summed E-state index contributed by atoms with van der Waals surface area (Å²) in [6, 6.07) is 14.9. The van der Waals surface area contributed by atoms with Gasteiger partial charge in [-0.05, 0) is 60.2 Å². The van der Waals surface area contributed by atoms with Gasteiger partial charge >= 0.3 is 0 Å². The first kappa shape index (κ1) is 23.2. The zero-order valence-corrected chi connectivity index (χ0v) is 18.4. The summed E-state index contributed by atoms with van der Waals surface area (Å²) in [5.41, 5.74) is 2.76. The Morgan fingerprint density at radius 1 is 0.939 bits per heavy atom. The van der Waals surface area contributed by atoms with Gasteiger partial charge in [0.1, 0.15) is 13.7 Å². The number of hydrogen-bond donors (Lipinski definition) is 0. The van der Waals surface area contributed by atoms with Gasteiger partial charge in [-0.25, -0.2) is 8.78 Å². The molecule has 0 spiro atoms. The molecule has 0 aromatic heterocycles. The molecule has 0 aliphatic carbocycles. The van der Waals surface area contributed by atoms with Crippen molar-refractivity contribution >= 4 is 7.85 Å². The minimum Gasteiger partial charge on any atom is -0.500 e. The lowest BCUT2D eigenvalue weighted by Crippen LogP contribution is -2.23. The van der Waals surface area contributed by atoms with E-state index in [2.05, 4.69) is 0 Å². The van der Waals surface area contributed by atoms with Crippen LogP contribution in [0.2, 0.25) is 0 Å². The molecule has 33 heavy (non-hydrogen) atoms. The van der Waals surface area contributed by atoms with Crippen molar-refractivity contribution in [2.24, 2.45) is 0 Å². The number of benzene rings is 3. The molecule has 3 aromatic carbocycles. The summed E-state index contributed by atoms with van der Waals surface area (Å²) < 4.78 is 54.3. The molecule has 168 valence electrons. The van der Waals surface area contributed by atoms with Crippen LogP contribution in [0.5, 0.6) is 5.75 Å². The minimum atomic E-state index is -1.08. The molecule has 0 bridgehead atoms. The summed E-state index contributed by atoms with van der Waals surface area (Å²) in [7, 11) is 5.23. The average molecular weight is 448 g/mol. The van der Waals surface area contributed by atoms with Crippen molar-refractivity contribution in [3.05, 3.63) is 89.8 Å². The fraction of sp³-hybridized carbons (Fsp3) is 0.259. The molecule has 1 saturated heterocycles. The molecule has 0 saturated carbocycles. The van der Waals surface area contributed by atoms with Gasteiger partial charge in [-0.3, -0.25) is 0 Å². The molecule has 1 heterocycles. The van der Waals surface area contributed by atoms with Gasteiger partial charge in [-0.1, -0.05) is 48.6 Å². The van der Waals surface area contributed by atoms with Crippen LogP contribution in [0, 0.1) is 17.5 Å². The van der Waals surface area contributed by atoms with Gasteiger partial charge in [0.25, 0.3) is 0 Å². The van der Waals surface area contributed by atoms with E-state index in [1.165, 1.54) is 18.2 Å². The van der Waals surface area contributed by atoms with Crippen molar-refractivity contribution in [3.63, 3.8) is 0 Å². The molecular formula is C27H24BF3O2. The van der Waals surface area contributed by atoms with Crippen LogP contribution in [-0.2, 0) is 4.74 Å². The van der Waals surface area contributed by atoms with Crippen molar-refractivity contribution in [2.45, 2.75) is 31.8 Å². The highest BCUT2D eigenvalue weighted by atomic mass is 19.2. The predicted molar refractivity (Wildman–Crippen MR) is 125 cm³/mol. The topological polar surface area (TPSA) is 18.5 Å². The molecule has 1 aliphatic heterocycles. The number of rotatable bonds is 6. The molecule has 0 N–H and O–H groups in total. The summed E-state index contributed by atoms with van der Waals surface area (Å²) >= 11 is 0. The van der Waals surface area contributed by atoms with E-state index in [0.29, 0.717) is 23.3 Å². The summed E-state index contributed by atoms with van der Waals surface area (Å²) in [5.74, 6) is -2.55. The Kier molecular flexibility index (Phi) is 7.24. The highest BCUT2D eigenvalue weighted by molar-refractivity contribution is 6.08. The molecule has 0 amide bonds. The Bertz CT molecular complexity index is 1140. The van der Waals surface area contributed by atoms with E-state index in [1.807, 2.05) is 31.2 Å². The lowest BCUT2D eigenvalue weighted by molar-refractivity contribution is 0.0319. The third kappa shape index (κ3) is 5.01. The highest BCUT2D eigenvalue weighted by Gasteiger charge is 2.24. The quantitative estimate of drug-likeness (QED) is 0.306. The molecule has 2 nitrogen and oxygen atoms in total. The Hall–Kier alpha value is -2.99. The Balaban J connectivity index is 1.52. The molecule has 2 atom stereocenters. The molecule has 2 radical (unpaired) electrons. The lowest BCUT2D eigenvalue weighted by atomic mass is 9.89. The average Bonchev–Trinajstić information content (AvgIpc) is 2.83. The van der Waals surface area contributed by atoms with Crippen molar-refractivity contribution in [1.82, 2.24) is 0 Å². The second-order valence-corrected chi connectivity index (χ2v) is 8.04. The van der Waals surface area contributed by atoms with Gasteiger partial charge < -0.3 is 9.47 Å². The van der Waals surface area contributed by atoms with E-state index in [0.717, 1.165) is 18.4 Å². The normalized spacial score (nSPS) is 18.5. The van der Waals surface area contributed by atoms with E-state index >= 15 is 0 Å². The van der Waals surface area contributed by atoms with Gasteiger partial charge in [-0.15, -0.1) is 0 Å². The smallest absolute Gasteiger partial charge is 0.201 e. The van der Waals surface area contributed by atoms with Crippen LogP contribution in [0.15, 0.2) is 66.7 Å². The van der Waals surface area contributed by atoms with Crippen LogP contribution in [0.1, 0.15) is 31.2 Å². The van der Waals surface area contributed by atoms with Crippen LogP contribution < -0.4 is 4.74 Å². The maximum absolute atomic E-state index is 14.9. The van der Waals surface area contributed by atoms with E-state index in [4.69, 9.17) is 17.3 Å². The SMILES string of the molecule is [B]COc1ccc(-c2ccc(-c3ccc(C4CCC(/C=C/C)OC4)c(F)c3)cc2)c(F)c1F. The van der Waals surface area contributed by atoms with Gasteiger partial charge in [0.05, 0.1) is 12.7 Å². The Morgan fingerprint density at radius 2 is 1.67 bits per heavy atom. The number of ether oxygens (including phenoxy) is 2. The number of halogens is 3. The summed E-state index contributed by atoms with van der Waals surface area (Å²) in [6.45, 7) is 2.21. The third-order valence-corrected chi connectivity index (χ3v) is 5.97. The maximum Gasteiger partial charge on any atom is 0.201 e. The highest BCUT2D eigenvalue weighted by Crippen LogP contribution is 2.34. The zero-order valence-electron chi connectivity index (χ0n) is 18.4. The molecule has 3 aromatic rings. The van der Waals surface area contributed by atoms with Crippen LogP contribution in [0.4, 0.5) is 13.2 Å². The summed E-state index contributed by atoms with van der Waals surface area (Å²) in [4.78, 5) is 0. The second kappa shape index (κ2) is 10.3. The van der Waals surface area contributed by atoms with E-state index < -0.39 is 11.6 Å². The number of allylic oxidation sites excluding steroid dienone is 1. The molecule has 6 heteroatoms.